The van der Waals surface area contributed by atoms with E-state index in [9.17, 15) is 9.59 Å². The summed E-state index contributed by atoms with van der Waals surface area (Å²) in [6, 6.07) is 18.2. The topological polar surface area (TPSA) is 59.0 Å². The van der Waals surface area contributed by atoms with Gasteiger partial charge >= 0.3 is 0 Å². The number of benzene rings is 3. The van der Waals surface area contributed by atoms with Gasteiger partial charge in [-0.2, -0.15) is 10.1 Å². The van der Waals surface area contributed by atoms with Crippen LogP contribution >= 0.6 is 31.9 Å². The van der Waals surface area contributed by atoms with Gasteiger partial charge in [0.2, 0.25) is 0 Å². The van der Waals surface area contributed by atoms with Crippen LogP contribution in [0.1, 0.15) is 17.5 Å². The molecule has 180 valence electrons. The van der Waals surface area contributed by atoms with Crippen LogP contribution in [0.3, 0.4) is 0 Å². The molecule has 8 rings (SSSR count). The highest BCUT2D eigenvalue weighted by atomic mass is 79.9. The Morgan fingerprint density at radius 1 is 0.917 bits per heavy atom. The van der Waals surface area contributed by atoms with Crippen molar-refractivity contribution in [2.45, 2.75) is 13.0 Å². The van der Waals surface area contributed by atoms with E-state index in [0.29, 0.717) is 24.2 Å². The van der Waals surface area contributed by atoms with Gasteiger partial charge in [0.05, 0.1) is 27.0 Å². The number of hydrazone groups is 1. The molecule has 0 aromatic heterocycles. The first kappa shape index (κ1) is 22.4. The summed E-state index contributed by atoms with van der Waals surface area (Å²) in [6.07, 6.45) is 7.07. The Balaban J connectivity index is 1.09. The lowest BCUT2D eigenvalue weighted by Crippen LogP contribution is -2.40. The number of hydrogen-bond acceptors (Lipinski definition) is 4. The van der Waals surface area contributed by atoms with E-state index in [-0.39, 0.29) is 35.5 Å². The van der Waals surface area contributed by atoms with Crippen molar-refractivity contribution in [2.24, 2.45) is 40.6 Å². The molecule has 0 radical (unpaired) electrons. The molecule has 7 heteroatoms. The molecule has 3 fully saturated rings. The first-order chi connectivity index (χ1) is 17.5. The summed E-state index contributed by atoms with van der Waals surface area (Å²) >= 11 is 7.22. The summed E-state index contributed by atoms with van der Waals surface area (Å²) in [4.78, 5) is 26.3. The number of allylic oxidation sites excluding steroid dienone is 2. The standard InChI is InChI=1S/C29H22Br2N2O3/c30-23-10-15(11-24(31)27(23)36-14-17-6-3-5-16-4-1-2-7-18(16)17)13-32-33-28(34)25-19-8-9-20(22-12-21(19)22)26(25)29(33)35/h1-11,13,19-22,25-26H,12,14H2/b32-13-/t19-,20-,21-,22+,25+,26+/m0/s1. The zero-order valence-electron chi connectivity index (χ0n) is 19.2. The number of carbonyl (C=O) groups is 2. The van der Waals surface area contributed by atoms with Crippen LogP contribution in [0.15, 0.2) is 80.8 Å². The minimum absolute atomic E-state index is 0.154. The number of hydrogen-bond donors (Lipinski definition) is 0. The molecule has 2 bridgehead atoms. The Morgan fingerprint density at radius 3 is 2.25 bits per heavy atom. The van der Waals surface area contributed by atoms with Gasteiger partial charge in [-0.3, -0.25) is 9.59 Å². The molecule has 4 aliphatic carbocycles. The predicted molar refractivity (Wildman–Crippen MR) is 144 cm³/mol. The van der Waals surface area contributed by atoms with Crippen molar-refractivity contribution in [2.75, 3.05) is 0 Å². The summed E-state index contributed by atoms with van der Waals surface area (Å²) in [5.74, 6) is 1.45. The van der Waals surface area contributed by atoms with E-state index in [1.165, 1.54) is 5.39 Å². The first-order valence-corrected chi connectivity index (χ1v) is 13.8. The zero-order chi connectivity index (χ0) is 24.6. The average molecular weight is 606 g/mol. The number of rotatable bonds is 5. The summed E-state index contributed by atoms with van der Waals surface area (Å²) in [5, 5.41) is 7.81. The van der Waals surface area contributed by atoms with Crippen LogP contribution in [0.25, 0.3) is 10.8 Å². The zero-order valence-corrected chi connectivity index (χ0v) is 22.4. The van der Waals surface area contributed by atoms with Crippen molar-refractivity contribution in [3.8, 4) is 5.75 Å². The number of halogens is 2. The second-order valence-corrected chi connectivity index (χ2v) is 11.8. The molecule has 1 saturated heterocycles. The summed E-state index contributed by atoms with van der Waals surface area (Å²) < 4.78 is 7.69. The molecule has 5 aliphatic rings. The van der Waals surface area contributed by atoms with E-state index in [1.54, 1.807) is 6.21 Å². The van der Waals surface area contributed by atoms with E-state index >= 15 is 0 Å². The van der Waals surface area contributed by atoms with Crippen molar-refractivity contribution in [1.82, 2.24) is 5.01 Å². The van der Waals surface area contributed by atoms with E-state index < -0.39 is 0 Å². The maximum Gasteiger partial charge on any atom is 0.254 e. The van der Waals surface area contributed by atoms with Gasteiger partial charge in [-0.05, 0) is 96.0 Å². The second kappa shape index (κ2) is 8.38. The molecule has 3 aromatic rings. The van der Waals surface area contributed by atoms with Crippen molar-refractivity contribution in [3.63, 3.8) is 0 Å². The lowest BCUT2D eigenvalue weighted by molar-refractivity contribution is -0.140. The first-order valence-electron chi connectivity index (χ1n) is 12.2. The number of fused-ring (bicyclic) bond motifs is 1. The number of nitrogens with zero attached hydrogens (tertiary/aromatic N) is 2. The molecular formula is C29H22Br2N2O3. The highest BCUT2D eigenvalue weighted by Gasteiger charge is 2.67. The molecule has 36 heavy (non-hydrogen) atoms. The number of ether oxygens (including phenoxy) is 1. The van der Waals surface area contributed by atoms with E-state index in [1.807, 2.05) is 30.3 Å². The molecule has 0 spiro atoms. The van der Waals surface area contributed by atoms with Gasteiger partial charge in [-0.25, -0.2) is 0 Å². The van der Waals surface area contributed by atoms with Gasteiger partial charge in [0, 0.05) is 0 Å². The quantitative estimate of drug-likeness (QED) is 0.194. The Bertz CT molecular complexity index is 1430. The molecule has 2 saturated carbocycles. The summed E-state index contributed by atoms with van der Waals surface area (Å²) in [7, 11) is 0. The maximum atomic E-state index is 13.1. The lowest BCUT2D eigenvalue weighted by Gasteiger charge is -2.37. The van der Waals surface area contributed by atoms with Crippen LogP contribution in [0.5, 0.6) is 5.75 Å². The van der Waals surface area contributed by atoms with Crippen LogP contribution in [0, 0.1) is 35.5 Å². The third kappa shape index (κ3) is 3.43. The molecule has 0 unspecified atom stereocenters. The van der Waals surface area contributed by atoms with Gasteiger partial charge in [0.15, 0.2) is 0 Å². The molecule has 1 aliphatic heterocycles. The highest BCUT2D eigenvalue weighted by molar-refractivity contribution is 9.11. The van der Waals surface area contributed by atoms with E-state index in [2.05, 4.69) is 73.4 Å². The molecular weight excluding hydrogens is 584 g/mol. The minimum atomic E-state index is -0.239. The Hall–Kier alpha value is -2.77. The van der Waals surface area contributed by atoms with Gasteiger partial charge < -0.3 is 4.74 Å². The average Bonchev–Trinajstić information content (AvgIpc) is 3.66. The highest BCUT2D eigenvalue weighted by Crippen LogP contribution is 2.65. The van der Waals surface area contributed by atoms with Crippen LogP contribution < -0.4 is 4.74 Å². The van der Waals surface area contributed by atoms with Crippen LogP contribution in [-0.2, 0) is 16.2 Å². The van der Waals surface area contributed by atoms with Crippen molar-refractivity contribution in [3.05, 3.63) is 86.8 Å². The van der Waals surface area contributed by atoms with Gasteiger partial charge in [-0.1, -0.05) is 54.6 Å². The van der Waals surface area contributed by atoms with E-state index in [0.717, 1.165) is 36.9 Å². The molecule has 0 N–H and O–H groups in total. The Labute approximate surface area is 225 Å². The fourth-order valence-corrected chi connectivity index (χ4v) is 7.99. The Kier molecular flexibility index (Phi) is 5.22. The third-order valence-electron chi connectivity index (χ3n) is 8.23. The minimum Gasteiger partial charge on any atom is -0.487 e. The van der Waals surface area contributed by atoms with Crippen LogP contribution in [0.2, 0.25) is 0 Å². The maximum absolute atomic E-state index is 13.1. The van der Waals surface area contributed by atoms with Crippen molar-refractivity contribution < 1.29 is 14.3 Å². The fraction of sp³-hybridized carbons (Fsp3) is 0.276. The summed E-state index contributed by atoms with van der Waals surface area (Å²) in [5.41, 5.74) is 1.86. The monoisotopic (exact) mass is 604 g/mol. The largest absolute Gasteiger partial charge is 0.487 e. The van der Waals surface area contributed by atoms with Gasteiger partial charge in [-0.15, -0.1) is 0 Å². The fourth-order valence-electron chi connectivity index (χ4n) is 6.54. The smallest absolute Gasteiger partial charge is 0.254 e. The molecule has 1 heterocycles. The predicted octanol–water partition coefficient (Wildman–Crippen LogP) is 6.33. The van der Waals surface area contributed by atoms with E-state index in [4.69, 9.17) is 4.74 Å². The number of amides is 2. The van der Waals surface area contributed by atoms with Crippen LogP contribution in [-0.4, -0.2) is 23.0 Å². The van der Waals surface area contributed by atoms with Gasteiger partial charge in [0.25, 0.3) is 11.8 Å². The molecule has 5 nitrogen and oxygen atoms in total. The second-order valence-electron chi connectivity index (χ2n) is 10.1. The third-order valence-corrected chi connectivity index (χ3v) is 9.41. The number of imide groups is 1. The van der Waals surface area contributed by atoms with Crippen LogP contribution in [0.4, 0.5) is 0 Å². The van der Waals surface area contributed by atoms with Gasteiger partial charge in [0.1, 0.15) is 12.4 Å². The van der Waals surface area contributed by atoms with Crippen molar-refractivity contribution >= 4 is 60.7 Å². The lowest BCUT2D eigenvalue weighted by atomic mass is 9.63. The van der Waals surface area contributed by atoms with Crippen molar-refractivity contribution in [1.29, 1.82) is 0 Å². The molecule has 3 aromatic carbocycles. The summed E-state index contributed by atoms with van der Waals surface area (Å²) in [6.45, 7) is 0.421. The number of carbonyl (C=O) groups excluding carboxylic acids is 2. The Morgan fingerprint density at radius 2 is 1.56 bits per heavy atom. The SMILES string of the molecule is O=C1[C@@H]2[C@H]3C=C[C@@H]([C@@H]4C[C@H]34)[C@H]2C(=O)N1/N=C\c1cc(Br)c(OCc2cccc3ccccc23)c(Br)c1. The molecule has 6 atom stereocenters. The normalized spacial score (nSPS) is 29.8. The molecule has 2 amide bonds.